The number of hydrogen-bond acceptors (Lipinski definition) is 3. The van der Waals surface area contributed by atoms with E-state index in [0.29, 0.717) is 21.4 Å². The summed E-state index contributed by atoms with van der Waals surface area (Å²) in [5.41, 5.74) is 1.92. The van der Waals surface area contributed by atoms with Crippen LogP contribution in [-0.2, 0) is 13.0 Å². The highest BCUT2D eigenvalue weighted by Gasteiger charge is 2.09. The fourth-order valence-electron chi connectivity index (χ4n) is 2.70. The second-order valence-electron chi connectivity index (χ2n) is 5.84. The molecule has 0 saturated carbocycles. The fourth-order valence-corrected chi connectivity index (χ4v) is 3.21. The third kappa shape index (κ3) is 4.17. The number of hydrogen-bond donors (Lipinski definition) is 0. The van der Waals surface area contributed by atoms with Crippen LogP contribution in [0.15, 0.2) is 51.7 Å². The minimum atomic E-state index is -0.343. The molecule has 0 aliphatic heterocycles. The molecule has 0 atom stereocenters. The normalized spacial score (nSPS) is 11.0. The molecule has 0 fully saturated rings. The van der Waals surface area contributed by atoms with Gasteiger partial charge in [0.15, 0.2) is 0 Å². The Balaban J connectivity index is 1.87. The molecule has 0 N–H and O–H groups in total. The molecule has 5 heteroatoms. The van der Waals surface area contributed by atoms with E-state index in [0.717, 1.165) is 35.8 Å². The van der Waals surface area contributed by atoms with Crippen molar-refractivity contribution < 1.29 is 9.15 Å². The van der Waals surface area contributed by atoms with E-state index in [4.69, 9.17) is 32.4 Å². The molecule has 2 aromatic carbocycles. The van der Waals surface area contributed by atoms with Gasteiger partial charge in [-0.2, -0.15) is 0 Å². The van der Waals surface area contributed by atoms with Gasteiger partial charge in [-0.1, -0.05) is 42.6 Å². The molecule has 0 spiro atoms. The molecular weight excluding hydrogens is 359 g/mol. The lowest BCUT2D eigenvalue weighted by atomic mass is 10.0. The summed E-state index contributed by atoms with van der Waals surface area (Å²) in [6.45, 7) is 2.36. The van der Waals surface area contributed by atoms with E-state index < -0.39 is 0 Å². The number of fused-ring (bicyclic) bond motifs is 1. The first-order valence-electron chi connectivity index (χ1n) is 8.21. The molecule has 0 bridgehead atoms. The van der Waals surface area contributed by atoms with Crippen molar-refractivity contribution in [1.29, 1.82) is 0 Å². The van der Waals surface area contributed by atoms with Crippen LogP contribution in [0.1, 0.15) is 30.9 Å². The first-order valence-corrected chi connectivity index (χ1v) is 8.96. The maximum Gasteiger partial charge on any atom is 0.336 e. The Morgan fingerprint density at radius 1 is 1.08 bits per heavy atom. The van der Waals surface area contributed by atoms with Crippen molar-refractivity contribution >= 4 is 34.2 Å². The lowest BCUT2D eigenvalue weighted by Crippen LogP contribution is -2.02. The molecule has 25 heavy (non-hydrogen) atoms. The van der Waals surface area contributed by atoms with E-state index in [1.54, 1.807) is 30.3 Å². The Morgan fingerprint density at radius 3 is 2.56 bits per heavy atom. The van der Waals surface area contributed by atoms with Gasteiger partial charge in [0.25, 0.3) is 0 Å². The zero-order chi connectivity index (χ0) is 17.8. The van der Waals surface area contributed by atoms with Crippen molar-refractivity contribution in [1.82, 2.24) is 0 Å². The van der Waals surface area contributed by atoms with Crippen molar-refractivity contribution in [3.05, 3.63) is 74.1 Å². The lowest BCUT2D eigenvalue weighted by Gasteiger charge is -2.11. The monoisotopic (exact) mass is 376 g/mol. The van der Waals surface area contributed by atoms with Crippen LogP contribution in [-0.4, -0.2) is 0 Å². The maximum absolute atomic E-state index is 11.8. The maximum atomic E-state index is 11.8. The molecule has 0 aliphatic rings. The van der Waals surface area contributed by atoms with E-state index in [2.05, 4.69) is 6.92 Å². The molecule has 0 amide bonds. The van der Waals surface area contributed by atoms with Crippen molar-refractivity contribution in [3.63, 3.8) is 0 Å². The molecular formula is C20H18Cl2O3. The van der Waals surface area contributed by atoms with Gasteiger partial charge in [0.1, 0.15) is 17.9 Å². The zero-order valence-corrected chi connectivity index (χ0v) is 15.4. The van der Waals surface area contributed by atoms with Crippen LogP contribution in [0.2, 0.25) is 10.0 Å². The average molecular weight is 377 g/mol. The van der Waals surface area contributed by atoms with E-state index in [1.165, 1.54) is 0 Å². The van der Waals surface area contributed by atoms with Crippen LogP contribution in [0, 0.1) is 0 Å². The van der Waals surface area contributed by atoms with E-state index >= 15 is 0 Å². The van der Waals surface area contributed by atoms with Crippen LogP contribution in [0.3, 0.4) is 0 Å². The first-order chi connectivity index (χ1) is 12.1. The van der Waals surface area contributed by atoms with Gasteiger partial charge >= 0.3 is 5.63 Å². The molecule has 0 radical (unpaired) electrons. The smallest absolute Gasteiger partial charge is 0.336 e. The predicted molar refractivity (Wildman–Crippen MR) is 102 cm³/mol. The van der Waals surface area contributed by atoms with E-state index in [1.807, 2.05) is 12.1 Å². The average Bonchev–Trinajstić information content (AvgIpc) is 2.58. The Bertz CT molecular complexity index is 927. The summed E-state index contributed by atoms with van der Waals surface area (Å²) in [5.74, 6) is 0.597. The van der Waals surface area contributed by atoms with E-state index in [9.17, 15) is 4.79 Å². The summed E-state index contributed by atoms with van der Waals surface area (Å²) >= 11 is 12.3. The van der Waals surface area contributed by atoms with Gasteiger partial charge in [-0.15, -0.1) is 0 Å². The van der Waals surface area contributed by atoms with Crippen LogP contribution < -0.4 is 10.4 Å². The topological polar surface area (TPSA) is 39.4 Å². The lowest BCUT2D eigenvalue weighted by molar-refractivity contribution is 0.306. The Labute approximate surface area is 156 Å². The SMILES string of the molecule is CCCCc1cc(=O)oc2cc(OCc3c(Cl)cccc3Cl)ccc12. The number of unbranched alkanes of at least 4 members (excludes halogenated alkanes) is 1. The number of ether oxygens (including phenoxy) is 1. The molecule has 3 nitrogen and oxygen atoms in total. The van der Waals surface area contributed by atoms with Gasteiger partial charge < -0.3 is 9.15 Å². The third-order valence-corrected chi connectivity index (χ3v) is 4.75. The van der Waals surface area contributed by atoms with Crippen molar-refractivity contribution in [2.75, 3.05) is 0 Å². The summed E-state index contributed by atoms with van der Waals surface area (Å²) in [6.07, 6.45) is 2.96. The summed E-state index contributed by atoms with van der Waals surface area (Å²) in [5, 5.41) is 2.06. The second kappa shape index (κ2) is 7.94. The van der Waals surface area contributed by atoms with Gasteiger partial charge in [-0.25, -0.2) is 4.79 Å². The molecule has 0 saturated heterocycles. The van der Waals surface area contributed by atoms with Crippen molar-refractivity contribution in [3.8, 4) is 5.75 Å². The van der Waals surface area contributed by atoms with E-state index in [-0.39, 0.29) is 12.2 Å². The van der Waals surface area contributed by atoms with Crippen LogP contribution >= 0.6 is 23.2 Å². The number of benzene rings is 2. The van der Waals surface area contributed by atoms with Crippen LogP contribution in [0.25, 0.3) is 11.0 Å². The standard InChI is InChI=1S/C20H18Cl2O3/c1-2-3-5-13-10-20(23)25-19-11-14(8-9-15(13)19)24-12-16-17(21)6-4-7-18(16)22/h4,6-11H,2-3,5,12H2,1H3. The van der Waals surface area contributed by atoms with Gasteiger partial charge in [-0.05, 0) is 42.7 Å². The molecule has 0 aliphatic carbocycles. The highest BCUT2D eigenvalue weighted by molar-refractivity contribution is 6.35. The first kappa shape index (κ1) is 17.8. The molecule has 3 rings (SSSR count). The number of aryl methyl sites for hydroxylation is 1. The highest BCUT2D eigenvalue weighted by atomic mass is 35.5. The molecule has 3 aromatic rings. The Morgan fingerprint density at radius 2 is 1.84 bits per heavy atom. The van der Waals surface area contributed by atoms with Crippen LogP contribution in [0.4, 0.5) is 0 Å². The number of halogens is 2. The predicted octanol–water partition coefficient (Wildman–Crippen LogP) is 6.02. The van der Waals surface area contributed by atoms with Crippen molar-refractivity contribution in [2.24, 2.45) is 0 Å². The molecule has 130 valence electrons. The summed E-state index contributed by atoms with van der Waals surface area (Å²) in [7, 11) is 0. The number of rotatable bonds is 6. The summed E-state index contributed by atoms with van der Waals surface area (Å²) in [4.78, 5) is 11.8. The molecule has 0 unspecified atom stereocenters. The minimum Gasteiger partial charge on any atom is -0.489 e. The van der Waals surface area contributed by atoms with Gasteiger partial charge in [-0.3, -0.25) is 0 Å². The van der Waals surface area contributed by atoms with Gasteiger partial charge in [0.05, 0.1) is 0 Å². The Kier molecular flexibility index (Phi) is 5.67. The zero-order valence-electron chi connectivity index (χ0n) is 13.9. The van der Waals surface area contributed by atoms with Gasteiger partial charge in [0.2, 0.25) is 0 Å². The quantitative estimate of drug-likeness (QED) is 0.493. The molecule has 1 heterocycles. The largest absolute Gasteiger partial charge is 0.489 e. The van der Waals surface area contributed by atoms with Crippen molar-refractivity contribution in [2.45, 2.75) is 32.8 Å². The molecule has 1 aromatic heterocycles. The second-order valence-corrected chi connectivity index (χ2v) is 6.66. The fraction of sp³-hybridized carbons (Fsp3) is 0.250. The van der Waals surface area contributed by atoms with Crippen LogP contribution in [0.5, 0.6) is 5.75 Å². The van der Waals surface area contributed by atoms with Gasteiger partial charge in [0, 0.05) is 33.1 Å². The third-order valence-electron chi connectivity index (χ3n) is 4.05. The highest BCUT2D eigenvalue weighted by Crippen LogP contribution is 2.28. The summed E-state index contributed by atoms with van der Waals surface area (Å²) in [6, 6.07) is 12.4. The Hall–Kier alpha value is -1.97. The summed E-state index contributed by atoms with van der Waals surface area (Å²) < 4.78 is 11.1. The minimum absolute atomic E-state index is 0.240.